The zero-order valence-corrected chi connectivity index (χ0v) is 22.4. The van der Waals surface area contributed by atoms with Crippen molar-refractivity contribution in [2.45, 2.75) is 45.0 Å². The fraction of sp³-hybridized carbons (Fsp3) is 0.323. The minimum absolute atomic E-state index is 0.0967. The van der Waals surface area contributed by atoms with E-state index in [-0.39, 0.29) is 24.6 Å². The maximum atomic E-state index is 13.3. The van der Waals surface area contributed by atoms with Crippen molar-refractivity contribution in [1.82, 2.24) is 15.1 Å². The van der Waals surface area contributed by atoms with Gasteiger partial charge in [0.05, 0.1) is 24.3 Å². The van der Waals surface area contributed by atoms with E-state index in [2.05, 4.69) is 5.32 Å². The SMILES string of the molecule is CCOc1cc2c(cc1C(=O)NC[C@@H](O)C1Cc3ccccc3CN1C(=O)O)CN(CCc1ccccc1)C2=O. The number of nitrogens with zero attached hydrogens (tertiary/aromatic N) is 2. The Morgan fingerprint density at radius 2 is 1.75 bits per heavy atom. The van der Waals surface area contributed by atoms with E-state index in [4.69, 9.17) is 4.74 Å². The Hall–Kier alpha value is -4.37. The number of ether oxygens (including phenoxy) is 1. The van der Waals surface area contributed by atoms with E-state index in [0.717, 1.165) is 28.7 Å². The van der Waals surface area contributed by atoms with Crippen molar-refractivity contribution in [1.29, 1.82) is 0 Å². The van der Waals surface area contributed by atoms with Gasteiger partial charge in [0.1, 0.15) is 5.75 Å². The van der Waals surface area contributed by atoms with Gasteiger partial charge in [0.15, 0.2) is 0 Å². The van der Waals surface area contributed by atoms with Gasteiger partial charge < -0.3 is 25.2 Å². The summed E-state index contributed by atoms with van der Waals surface area (Å²) in [5.41, 5.74) is 4.56. The standard InChI is InChI=1S/C31H33N3O6/c1-2-40-28-16-24-23(18-33(30(24)37)13-12-20-8-4-3-5-9-20)14-25(28)29(36)32-17-27(35)26-15-21-10-6-7-11-22(21)19-34(26)31(38)39/h3-11,14,16,26-27,35H,2,12-13,15,17-19H2,1H3,(H,32,36)(H,38,39)/t26?,27-/m1/s1. The molecule has 0 fully saturated rings. The second kappa shape index (κ2) is 11.8. The van der Waals surface area contributed by atoms with Crippen LogP contribution < -0.4 is 10.1 Å². The van der Waals surface area contributed by atoms with Gasteiger partial charge in [-0.1, -0.05) is 54.6 Å². The van der Waals surface area contributed by atoms with Crippen molar-refractivity contribution >= 4 is 17.9 Å². The molecule has 2 aliphatic heterocycles. The molecule has 2 heterocycles. The van der Waals surface area contributed by atoms with E-state index in [0.29, 0.717) is 37.4 Å². The Balaban J connectivity index is 1.28. The number of carbonyl (C=O) groups excluding carboxylic acids is 2. The van der Waals surface area contributed by atoms with Crippen molar-refractivity contribution < 1.29 is 29.3 Å². The molecule has 0 spiro atoms. The maximum absolute atomic E-state index is 13.3. The molecule has 2 atom stereocenters. The minimum atomic E-state index is -1.12. The highest BCUT2D eigenvalue weighted by molar-refractivity contribution is 6.03. The summed E-state index contributed by atoms with van der Waals surface area (Å²) in [5.74, 6) is -0.260. The van der Waals surface area contributed by atoms with Crippen LogP contribution in [-0.2, 0) is 25.9 Å². The zero-order valence-electron chi connectivity index (χ0n) is 22.4. The van der Waals surface area contributed by atoms with Gasteiger partial charge in [-0.15, -0.1) is 0 Å². The first-order valence-electron chi connectivity index (χ1n) is 13.5. The van der Waals surface area contributed by atoms with Gasteiger partial charge >= 0.3 is 6.09 Å². The third-order valence-electron chi connectivity index (χ3n) is 7.59. The first-order valence-corrected chi connectivity index (χ1v) is 13.5. The van der Waals surface area contributed by atoms with Gasteiger partial charge in [-0.3, -0.25) is 14.5 Å². The number of carboxylic acid groups (broad SMARTS) is 1. The summed E-state index contributed by atoms with van der Waals surface area (Å²) < 4.78 is 5.73. The lowest BCUT2D eigenvalue weighted by Crippen LogP contribution is -2.53. The predicted molar refractivity (Wildman–Crippen MR) is 148 cm³/mol. The molecule has 0 aliphatic carbocycles. The summed E-state index contributed by atoms with van der Waals surface area (Å²) in [4.78, 5) is 41.3. The van der Waals surface area contributed by atoms with Crippen molar-refractivity contribution in [3.05, 3.63) is 100 Å². The fourth-order valence-electron chi connectivity index (χ4n) is 5.47. The molecule has 3 N–H and O–H groups in total. The zero-order chi connectivity index (χ0) is 28.2. The van der Waals surface area contributed by atoms with Crippen LogP contribution in [0.5, 0.6) is 5.75 Å². The molecule has 3 amide bonds. The number of fused-ring (bicyclic) bond motifs is 2. The van der Waals surface area contributed by atoms with Crippen LogP contribution in [0.25, 0.3) is 0 Å². The molecule has 40 heavy (non-hydrogen) atoms. The summed E-state index contributed by atoms with van der Waals surface area (Å²) in [6.07, 6.45) is -1.16. The largest absolute Gasteiger partial charge is 0.493 e. The van der Waals surface area contributed by atoms with Crippen LogP contribution in [-0.4, -0.2) is 69.8 Å². The van der Waals surface area contributed by atoms with E-state index < -0.39 is 24.1 Å². The van der Waals surface area contributed by atoms with E-state index in [1.807, 2.05) is 54.6 Å². The van der Waals surface area contributed by atoms with Crippen LogP contribution >= 0.6 is 0 Å². The number of amides is 3. The lowest BCUT2D eigenvalue weighted by atomic mass is 9.91. The van der Waals surface area contributed by atoms with E-state index in [1.165, 1.54) is 4.90 Å². The second-order valence-electron chi connectivity index (χ2n) is 10.1. The molecule has 9 nitrogen and oxygen atoms in total. The van der Waals surface area contributed by atoms with Gasteiger partial charge in [0.2, 0.25) is 0 Å². The number of nitrogens with one attached hydrogen (secondary N) is 1. The quantitative estimate of drug-likeness (QED) is 0.380. The number of rotatable bonds is 9. The Bertz CT molecular complexity index is 1410. The summed E-state index contributed by atoms with van der Waals surface area (Å²) in [7, 11) is 0. The minimum Gasteiger partial charge on any atom is -0.493 e. The van der Waals surface area contributed by atoms with Crippen LogP contribution in [0, 0.1) is 0 Å². The smallest absolute Gasteiger partial charge is 0.407 e. The van der Waals surface area contributed by atoms with Crippen molar-refractivity contribution in [2.24, 2.45) is 0 Å². The Kier molecular flexibility index (Phi) is 8.02. The molecule has 0 saturated carbocycles. The average molecular weight is 544 g/mol. The van der Waals surface area contributed by atoms with Crippen molar-refractivity contribution in [3.8, 4) is 5.75 Å². The Morgan fingerprint density at radius 3 is 2.48 bits per heavy atom. The van der Waals surface area contributed by atoms with Crippen molar-refractivity contribution in [3.63, 3.8) is 0 Å². The second-order valence-corrected chi connectivity index (χ2v) is 10.1. The molecule has 0 radical (unpaired) electrons. The number of hydrogen-bond acceptors (Lipinski definition) is 5. The first kappa shape index (κ1) is 27.2. The molecule has 3 aromatic carbocycles. The molecule has 0 saturated heterocycles. The number of benzene rings is 3. The van der Waals surface area contributed by atoms with Crippen LogP contribution in [0.15, 0.2) is 66.7 Å². The molecule has 208 valence electrons. The summed E-state index contributed by atoms with van der Waals surface area (Å²) in [6.45, 7) is 3.09. The van der Waals surface area contributed by atoms with Crippen LogP contribution in [0.3, 0.4) is 0 Å². The van der Waals surface area contributed by atoms with E-state index in [9.17, 15) is 24.6 Å². The number of carbonyl (C=O) groups is 3. The van der Waals surface area contributed by atoms with Crippen LogP contribution in [0.1, 0.15) is 49.9 Å². The van der Waals surface area contributed by atoms with Gasteiger partial charge in [-0.05, 0) is 54.2 Å². The topological polar surface area (TPSA) is 119 Å². The maximum Gasteiger partial charge on any atom is 0.407 e. The number of aliphatic hydroxyl groups is 1. The molecule has 9 heteroatoms. The normalized spacial score (nSPS) is 16.8. The van der Waals surface area contributed by atoms with Gasteiger partial charge in [0, 0.05) is 31.7 Å². The summed E-state index contributed by atoms with van der Waals surface area (Å²) in [5, 5.41) is 23.5. The van der Waals surface area contributed by atoms with E-state index in [1.54, 1.807) is 24.0 Å². The van der Waals surface area contributed by atoms with Gasteiger partial charge in [0.25, 0.3) is 11.8 Å². The van der Waals surface area contributed by atoms with E-state index >= 15 is 0 Å². The van der Waals surface area contributed by atoms with Gasteiger partial charge in [-0.2, -0.15) is 0 Å². The number of hydrogen-bond donors (Lipinski definition) is 3. The van der Waals surface area contributed by atoms with Crippen LogP contribution in [0.4, 0.5) is 4.79 Å². The lowest BCUT2D eigenvalue weighted by molar-refractivity contribution is 0.0382. The predicted octanol–water partition coefficient (Wildman–Crippen LogP) is 3.48. The highest BCUT2D eigenvalue weighted by Gasteiger charge is 2.35. The highest BCUT2D eigenvalue weighted by Crippen LogP contribution is 2.31. The average Bonchev–Trinajstić information content (AvgIpc) is 3.28. The Morgan fingerprint density at radius 1 is 1.02 bits per heavy atom. The summed E-state index contributed by atoms with van der Waals surface area (Å²) in [6, 6.07) is 20.1. The fourth-order valence-corrected chi connectivity index (χ4v) is 5.47. The van der Waals surface area contributed by atoms with Crippen LogP contribution in [0.2, 0.25) is 0 Å². The molecule has 3 aromatic rings. The molecule has 5 rings (SSSR count). The van der Waals surface area contributed by atoms with Crippen molar-refractivity contribution in [2.75, 3.05) is 19.7 Å². The number of aliphatic hydroxyl groups excluding tert-OH is 1. The molecule has 2 aliphatic rings. The third-order valence-corrected chi connectivity index (χ3v) is 7.59. The molecule has 1 unspecified atom stereocenters. The Labute approximate surface area is 233 Å². The lowest BCUT2D eigenvalue weighted by Gasteiger charge is -2.37. The molecular weight excluding hydrogens is 510 g/mol. The molecule has 0 bridgehead atoms. The summed E-state index contributed by atoms with van der Waals surface area (Å²) >= 11 is 0. The third kappa shape index (κ3) is 5.65. The first-order chi connectivity index (χ1) is 19.4. The molecular formula is C31H33N3O6. The molecule has 0 aromatic heterocycles. The highest BCUT2D eigenvalue weighted by atomic mass is 16.5. The monoisotopic (exact) mass is 543 g/mol. The van der Waals surface area contributed by atoms with Gasteiger partial charge in [-0.25, -0.2) is 4.79 Å².